The van der Waals surface area contributed by atoms with Crippen molar-refractivity contribution in [1.82, 2.24) is 13.7 Å². The highest BCUT2D eigenvalue weighted by molar-refractivity contribution is 6.14. The van der Waals surface area contributed by atoms with Crippen molar-refractivity contribution in [3.63, 3.8) is 0 Å². The largest absolute Gasteiger partial charge is 0.309 e. The minimum absolute atomic E-state index is 1.16. The van der Waals surface area contributed by atoms with E-state index in [-0.39, 0.29) is 0 Å². The summed E-state index contributed by atoms with van der Waals surface area (Å²) < 4.78 is 7.22. The van der Waals surface area contributed by atoms with Crippen LogP contribution in [0.2, 0.25) is 0 Å². The van der Waals surface area contributed by atoms with Crippen LogP contribution in [0.25, 0.3) is 93.6 Å². The molecular formula is C49H33N3. The maximum Gasteiger partial charge on any atom is 0.0547 e. The predicted molar refractivity (Wildman–Crippen MR) is 220 cm³/mol. The monoisotopic (exact) mass is 663 g/mol. The maximum absolute atomic E-state index is 2.43. The summed E-state index contributed by atoms with van der Waals surface area (Å²) in [4.78, 5) is 0. The van der Waals surface area contributed by atoms with Crippen molar-refractivity contribution in [2.75, 3.05) is 0 Å². The third-order valence-electron chi connectivity index (χ3n) is 10.9. The fourth-order valence-corrected chi connectivity index (χ4v) is 8.55. The van der Waals surface area contributed by atoms with Crippen molar-refractivity contribution in [2.45, 2.75) is 6.92 Å². The molecule has 0 fully saturated rings. The summed E-state index contributed by atoms with van der Waals surface area (Å²) in [5.74, 6) is 0. The lowest BCUT2D eigenvalue weighted by atomic mass is 10.0. The molecule has 0 N–H and O–H groups in total. The van der Waals surface area contributed by atoms with Gasteiger partial charge in [-0.15, -0.1) is 0 Å². The number of para-hydroxylation sites is 4. The molecule has 0 unspecified atom stereocenters. The van der Waals surface area contributed by atoms with Crippen molar-refractivity contribution >= 4 is 65.4 Å². The molecule has 3 heteroatoms. The van der Waals surface area contributed by atoms with Crippen LogP contribution in [-0.2, 0) is 0 Å². The summed E-state index contributed by atoms with van der Waals surface area (Å²) in [5.41, 5.74) is 14.5. The third kappa shape index (κ3) is 4.20. The van der Waals surface area contributed by atoms with Gasteiger partial charge in [0.05, 0.1) is 33.1 Å². The van der Waals surface area contributed by atoms with Crippen LogP contribution in [0.4, 0.5) is 0 Å². The van der Waals surface area contributed by atoms with E-state index in [2.05, 4.69) is 203 Å². The van der Waals surface area contributed by atoms with Crippen LogP contribution in [0.1, 0.15) is 5.56 Å². The third-order valence-corrected chi connectivity index (χ3v) is 10.9. The van der Waals surface area contributed by atoms with Gasteiger partial charge in [0.15, 0.2) is 0 Å². The number of fused-ring (bicyclic) bond motifs is 9. The van der Waals surface area contributed by atoms with E-state index < -0.39 is 0 Å². The van der Waals surface area contributed by atoms with Crippen LogP contribution in [0.5, 0.6) is 0 Å². The van der Waals surface area contributed by atoms with Gasteiger partial charge >= 0.3 is 0 Å². The van der Waals surface area contributed by atoms with E-state index in [4.69, 9.17) is 0 Å². The van der Waals surface area contributed by atoms with E-state index in [1.165, 1.54) is 93.5 Å². The minimum atomic E-state index is 1.16. The molecule has 0 amide bonds. The summed E-state index contributed by atoms with van der Waals surface area (Å²) in [7, 11) is 0. The number of benzene rings is 8. The van der Waals surface area contributed by atoms with Gasteiger partial charge in [0.25, 0.3) is 0 Å². The van der Waals surface area contributed by atoms with Gasteiger partial charge in [-0.1, -0.05) is 103 Å². The fourth-order valence-electron chi connectivity index (χ4n) is 8.55. The molecule has 0 aliphatic rings. The van der Waals surface area contributed by atoms with Crippen molar-refractivity contribution in [2.24, 2.45) is 0 Å². The molecule has 11 aromatic rings. The molecule has 0 aliphatic heterocycles. The lowest BCUT2D eigenvalue weighted by Crippen LogP contribution is -1.95. The fraction of sp³-hybridized carbons (Fsp3) is 0.0204. The lowest BCUT2D eigenvalue weighted by Gasteiger charge is -2.11. The lowest BCUT2D eigenvalue weighted by molar-refractivity contribution is 1.16. The Bertz CT molecular complexity index is 3180. The first kappa shape index (κ1) is 28.9. The average molecular weight is 664 g/mol. The van der Waals surface area contributed by atoms with E-state index in [1.54, 1.807) is 0 Å². The van der Waals surface area contributed by atoms with Gasteiger partial charge < -0.3 is 13.7 Å². The summed E-state index contributed by atoms with van der Waals surface area (Å²) in [5, 5.41) is 7.55. The predicted octanol–water partition coefficient (Wildman–Crippen LogP) is 13.0. The molecule has 3 heterocycles. The minimum Gasteiger partial charge on any atom is -0.309 e. The highest BCUT2D eigenvalue weighted by atomic mass is 15.0. The first-order chi connectivity index (χ1) is 25.7. The van der Waals surface area contributed by atoms with Crippen LogP contribution >= 0.6 is 0 Å². The van der Waals surface area contributed by atoms with Gasteiger partial charge in [-0.3, -0.25) is 0 Å². The van der Waals surface area contributed by atoms with E-state index in [9.17, 15) is 0 Å². The Labute approximate surface area is 300 Å². The van der Waals surface area contributed by atoms with E-state index in [1.807, 2.05) is 0 Å². The Morgan fingerprint density at radius 3 is 1.40 bits per heavy atom. The SMILES string of the molecule is Cc1ccc2c3cc(-n4c5ccccc5c5cc(-c6ccc7c8ccccc8n(-c8ccccc8)c7c6)ccc54)ccc3n(-c3ccccc3)c2c1. The number of aromatic nitrogens is 3. The molecule has 244 valence electrons. The van der Waals surface area contributed by atoms with Crippen molar-refractivity contribution in [3.05, 3.63) is 188 Å². The summed E-state index contributed by atoms with van der Waals surface area (Å²) in [6.07, 6.45) is 0. The first-order valence-electron chi connectivity index (χ1n) is 17.9. The number of hydrogen-bond donors (Lipinski definition) is 0. The molecule has 0 saturated carbocycles. The zero-order valence-electron chi connectivity index (χ0n) is 28.7. The number of rotatable bonds is 4. The van der Waals surface area contributed by atoms with Crippen LogP contribution < -0.4 is 0 Å². The van der Waals surface area contributed by atoms with Crippen LogP contribution in [0.3, 0.4) is 0 Å². The number of nitrogens with zero attached hydrogens (tertiary/aromatic N) is 3. The van der Waals surface area contributed by atoms with Gasteiger partial charge in [-0.2, -0.15) is 0 Å². The quantitative estimate of drug-likeness (QED) is 0.178. The van der Waals surface area contributed by atoms with Crippen molar-refractivity contribution < 1.29 is 0 Å². The van der Waals surface area contributed by atoms with Crippen LogP contribution in [0, 0.1) is 6.92 Å². The molecule has 0 atom stereocenters. The topological polar surface area (TPSA) is 14.8 Å². The van der Waals surface area contributed by atoms with Gasteiger partial charge in [-0.25, -0.2) is 0 Å². The highest BCUT2D eigenvalue weighted by Gasteiger charge is 2.18. The first-order valence-corrected chi connectivity index (χ1v) is 17.9. The molecule has 11 rings (SSSR count). The standard InChI is InChI=1S/C49H33N3/c1-32-20-24-41-43-31-37(23-27-47(43)51(48(41)28-32)36-14-6-3-7-15-36)52-45-19-11-9-17-39(45)42-29-33(22-26-46(42)52)34-21-25-40-38-16-8-10-18-44(38)50(49(40)30-34)35-12-4-2-5-13-35/h2-31H,1H3. The maximum atomic E-state index is 2.43. The second-order valence-electron chi connectivity index (χ2n) is 13.9. The summed E-state index contributed by atoms with van der Waals surface area (Å²) in [6, 6.07) is 66.6. The Morgan fingerprint density at radius 2 is 0.712 bits per heavy atom. The Morgan fingerprint density at radius 1 is 0.269 bits per heavy atom. The Kier molecular flexibility index (Phi) is 6.17. The van der Waals surface area contributed by atoms with Gasteiger partial charge in [0.1, 0.15) is 0 Å². The number of hydrogen-bond acceptors (Lipinski definition) is 0. The summed E-state index contributed by atoms with van der Waals surface area (Å²) in [6.45, 7) is 2.17. The molecular weight excluding hydrogens is 631 g/mol. The van der Waals surface area contributed by atoms with Gasteiger partial charge in [-0.05, 0) is 102 Å². The molecule has 52 heavy (non-hydrogen) atoms. The average Bonchev–Trinajstić information content (AvgIpc) is 3.83. The second kappa shape index (κ2) is 11.1. The highest BCUT2D eigenvalue weighted by Crippen LogP contribution is 2.40. The molecule has 0 spiro atoms. The smallest absolute Gasteiger partial charge is 0.0547 e. The Balaban J connectivity index is 1.11. The molecule has 0 radical (unpaired) electrons. The van der Waals surface area contributed by atoms with E-state index in [0.717, 1.165) is 5.69 Å². The number of aryl methyl sites for hydroxylation is 1. The Hall–Kier alpha value is -6.84. The molecule has 3 nitrogen and oxygen atoms in total. The molecule has 0 saturated heterocycles. The van der Waals surface area contributed by atoms with E-state index in [0.29, 0.717) is 0 Å². The molecule has 8 aromatic carbocycles. The zero-order chi connectivity index (χ0) is 34.3. The zero-order valence-corrected chi connectivity index (χ0v) is 28.7. The van der Waals surface area contributed by atoms with Gasteiger partial charge in [0, 0.05) is 49.4 Å². The van der Waals surface area contributed by atoms with Crippen LogP contribution in [0.15, 0.2) is 182 Å². The molecule has 0 bridgehead atoms. The van der Waals surface area contributed by atoms with Crippen molar-refractivity contribution in [1.29, 1.82) is 0 Å². The molecule has 3 aromatic heterocycles. The summed E-state index contributed by atoms with van der Waals surface area (Å²) >= 11 is 0. The second-order valence-corrected chi connectivity index (χ2v) is 13.9. The molecule has 0 aliphatic carbocycles. The van der Waals surface area contributed by atoms with E-state index >= 15 is 0 Å². The van der Waals surface area contributed by atoms with Gasteiger partial charge in [0.2, 0.25) is 0 Å². The van der Waals surface area contributed by atoms with Crippen LogP contribution in [-0.4, -0.2) is 13.7 Å². The van der Waals surface area contributed by atoms with Crippen molar-refractivity contribution in [3.8, 4) is 28.2 Å². The normalized spacial score (nSPS) is 11.9.